The van der Waals surface area contributed by atoms with Crippen LogP contribution in [-0.2, 0) is 4.74 Å². The van der Waals surface area contributed by atoms with Crippen LogP contribution in [-0.4, -0.2) is 30.7 Å². The second kappa shape index (κ2) is 7.35. The molecule has 26 heavy (non-hydrogen) atoms. The Kier molecular flexibility index (Phi) is 4.98. The lowest BCUT2D eigenvalue weighted by Crippen LogP contribution is -2.25. The molecule has 1 N–H and O–H groups in total. The summed E-state index contributed by atoms with van der Waals surface area (Å²) in [7, 11) is 0. The molecule has 1 aliphatic carbocycles. The maximum absolute atomic E-state index is 12.7. The molecule has 132 valence electrons. The van der Waals surface area contributed by atoms with E-state index in [0.29, 0.717) is 34.4 Å². The fourth-order valence-corrected chi connectivity index (χ4v) is 2.89. The Bertz CT molecular complexity index is 910. The van der Waals surface area contributed by atoms with Crippen LogP contribution < -0.4 is 5.32 Å². The van der Waals surface area contributed by atoms with E-state index < -0.39 is 0 Å². The van der Waals surface area contributed by atoms with Gasteiger partial charge in [0.25, 0.3) is 0 Å². The first-order valence-corrected chi connectivity index (χ1v) is 8.42. The molecule has 3 rings (SSSR count). The van der Waals surface area contributed by atoms with Crippen molar-refractivity contribution in [2.75, 3.05) is 18.5 Å². The van der Waals surface area contributed by atoms with Gasteiger partial charge in [0.15, 0.2) is 11.6 Å². The zero-order valence-corrected chi connectivity index (χ0v) is 14.7. The first-order valence-electron chi connectivity index (χ1n) is 8.42. The lowest BCUT2D eigenvalue weighted by atomic mass is 9.84. The highest BCUT2D eigenvalue weighted by Crippen LogP contribution is 2.26. The van der Waals surface area contributed by atoms with Gasteiger partial charge in [-0.2, -0.15) is 0 Å². The first kappa shape index (κ1) is 17.6. The number of hydrogen-bond donors (Lipinski definition) is 1. The van der Waals surface area contributed by atoms with Gasteiger partial charge < -0.3 is 10.1 Å². The third kappa shape index (κ3) is 3.28. The quantitative estimate of drug-likeness (QED) is 0.834. The number of hydrogen-bond acceptors (Lipinski definition) is 5. The minimum absolute atomic E-state index is 0.116. The average molecular weight is 349 g/mol. The number of Topliss-reactive ketones (excluding diaryl/α,β-unsaturated/α-hetero) is 2. The van der Waals surface area contributed by atoms with Crippen LogP contribution >= 0.6 is 0 Å². The highest BCUT2D eigenvalue weighted by atomic mass is 16.5. The number of fused-ring (bicyclic) bond motifs is 1. The SMILES string of the molecule is CCOC(=O)c1ccc(NCC2=C(C)C(=O)c3ccccc3C2=O)cc1. The molecule has 1 aliphatic rings. The van der Waals surface area contributed by atoms with Gasteiger partial charge in [-0.05, 0) is 38.1 Å². The Morgan fingerprint density at radius 3 is 2.19 bits per heavy atom. The molecular weight excluding hydrogens is 330 g/mol. The number of anilines is 1. The van der Waals surface area contributed by atoms with Gasteiger partial charge in [0.05, 0.1) is 12.2 Å². The van der Waals surface area contributed by atoms with Gasteiger partial charge >= 0.3 is 5.97 Å². The van der Waals surface area contributed by atoms with Crippen LogP contribution in [0.5, 0.6) is 0 Å². The van der Waals surface area contributed by atoms with E-state index in [-0.39, 0.29) is 24.1 Å². The van der Waals surface area contributed by atoms with Crippen molar-refractivity contribution < 1.29 is 19.1 Å². The smallest absolute Gasteiger partial charge is 0.338 e. The van der Waals surface area contributed by atoms with E-state index >= 15 is 0 Å². The van der Waals surface area contributed by atoms with E-state index in [1.54, 1.807) is 62.4 Å². The molecule has 0 heterocycles. The number of rotatable bonds is 5. The minimum atomic E-state index is -0.373. The van der Waals surface area contributed by atoms with Crippen LogP contribution in [0.4, 0.5) is 5.69 Å². The van der Waals surface area contributed by atoms with Crippen LogP contribution in [0.15, 0.2) is 59.7 Å². The summed E-state index contributed by atoms with van der Waals surface area (Å²) in [5.74, 6) is -0.620. The summed E-state index contributed by atoms with van der Waals surface area (Å²) in [5.41, 5.74) is 3.03. The van der Waals surface area contributed by atoms with E-state index in [1.807, 2.05) is 0 Å². The average Bonchev–Trinajstić information content (AvgIpc) is 2.67. The molecule has 0 saturated carbocycles. The Balaban J connectivity index is 1.75. The van der Waals surface area contributed by atoms with Gasteiger partial charge in [-0.1, -0.05) is 24.3 Å². The molecular formula is C21H19NO4. The zero-order chi connectivity index (χ0) is 18.7. The molecule has 5 heteroatoms. The highest BCUT2D eigenvalue weighted by molar-refractivity contribution is 6.27. The molecule has 0 aliphatic heterocycles. The van der Waals surface area contributed by atoms with Gasteiger partial charge in [0, 0.05) is 34.5 Å². The molecule has 5 nitrogen and oxygen atoms in total. The van der Waals surface area contributed by atoms with E-state index in [1.165, 1.54) is 0 Å². The molecule has 0 radical (unpaired) electrons. The topological polar surface area (TPSA) is 72.5 Å². The van der Waals surface area contributed by atoms with E-state index in [0.717, 1.165) is 5.69 Å². The maximum Gasteiger partial charge on any atom is 0.338 e. The predicted octanol–water partition coefficient (Wildman–Crippen LogP) is 3.67. The van der Waals surface area contributed by atoms with Crippen LogP contribution in [0, 0.1) is 0 Å². The van der Waals surface area contributed by atoms with Crippen molar-refractivity contribution in [1.29, 1.82) is 0 Å². The second-order valence-corrected chi connectivity index (χ2v) is 5.96. The minimum Gasteiger partial charge on any atom is -0.462 e. The summed E-state index contributed by atoms with van der Waals surface area (Å²) < 4.78 is 4.95. The Morgan fingerprint density at radius 2 is 1.58 bits per heavy atom. The van der Waals surface area contributed by atoms with Crippen LogP contribution in [0.2, 0.25) is 0 Å². The maximum atomic E-state index is 12.7. The fraction of sp³-hybridized carbons (Fsp3) is 0.190. The Labute approximate surface area is 151 Å². The molecule has 0 saturated heterocycles. The first-order chi connectivity index (χ1) is 12.5. The van der Waals surface area contributed by atoms with Gasteiger partial charge in [0.2, 0.25) is 0 Å². The molecule has 0 fully saturated rings. The number of allylic oxidation sites excluding steroid dienone is 1. The van der Waals surface area contributed by atoms with E-state index in [2.05, 4.69) is 5.32 Å². The number of ketones is 2. The van der Waals surface area contributed by atoms with Crippen molar-refractivity contribution in [2.24, 2.45) is 0 Å². The van der Waals surface area contributed by atoms with Crippen molar-refractivity contribution in [1.82, 2.24) is 0 Å². The Morgan fingerprint density at radius 1 is 0.962 bits per heavy atom. The van der Waals surface area contributed by atoms with Crippen molar-refractivity contribution in [3.05, 3.63) is 76.4 Å². The third-order valence-electron chi connectivity index (χ3n) is 4.35. The number of carbonyl (C=O) groups excluding carboxylic acids is 3. The Hall–Kier alpha value is -3.21. The van der Waals surface area contributed by atoms with Gasteiger partial charge in [-0.25, -0.2) is 4.79 Å². The molecule has 0 spiro atoms. The molecule has 0 aromatic heterocycles. The molecule has 0 amide bonds. The lowest BCUT2D eigenvalue weighted by molar-refractivity contribution is 0.0526. The molecule has 2 aromatic carbocycles. The number of esters is 1. The summed E-state index contributed by atoms with van der Waals surface area (Å²) in [6.07, 6.45) is 0. The molecule has 0 bridgehead atoms. The highest BCUT2D eigenvalue weighted by Gasteiger charge is 2.29. The number of ether oxygens (including phenoxy) is 1. The van der Waals surface area contributed by atoms with Crippen LogP contribution in [0.25, 0.3) is 0 Å². The van der Waals surface area contributed by atoms with Crippen LogP contribution in [0.1, 0.15) is 44.9 Å². The standard InChI is InChI=1S/C21H19NO4/c1-3-26-21(25)14-8-10-15(11-9-14)22-12-18-13(2)19(23)16-6-4-5-7-17(16)20(18)24/h4-11,22H,3,12H2,1-2H3. The predicted molar refractivity (Wildman–Crippen MR) is 98.7 cm³/mol. The third-order valence-corrected chi connectivity index (χ3v) is 4.35. The van der Waals surface area contributed by atoms with Crippen molar-refractivity contribution in [3.8, 4) is 0 Å². The number of nitrogens with one attached hydrogen (secondary N) is 1. The second-order valence-electron chi connectivity index (χ2n) is 5.96. The van der Waals surface area contributed by atoms with Gasteiger partial charge in [-0.15, -0.1) is 0 Å². The van der Waals surface area contributed by atoms with Crippen molar-refractivity contribution in [2.45, 2.75) is 13.8 Å². The van der Waals surface area contributed by atoms with E-state index in [9.17, 15) is 14.4 Å². The van der Waals surface area contributed by atoms with Crippen molar-refractivity contribution >= 4 is 23.2 Å². The van der Waals surface area contributed by atoms with Crippen LogP contribution in [0.3, 0.4) is 0 Å². The molecule has 2 aromatic rings. The number of benzene rings is 2. The monoisotopic (exact) mass is 349 g/mol. The fourth-order valence-electron chi connectivity index (χ4n) is 2.89. The van der Waals surface area contributed by atoms with Gasteiger partial charge in [0.1, 0.15) is 0 Å². The summed E-state index contributed by atoms with van der Waals surface area (Å²) in [4.78, 5) is 36.8. The normalized spacial score (nSPS) is 13.5. The summed E-state index contributed by atoms with van der Waals surface area (Å²) in [5, 5.41) is 3.14. The van der Waals surface area contributed by atoms with Crippen molar-refractivity contribution in [3.63, 3.8) is 0 Å². The summed E-state index contributed by atoms with van der Waals surface area (Å²) >= 11 is 0. The van der Waals surface area contributed by atoms with E-state index in [4.69, 9.17) is 4.74 Å². The lowest BCUT2D eigenvalue weighted by Gasteiger charge is -2.19. The summed E-state index contributed by atoms with van der Waals surface area (Å²) in [6.45, 7) is 3.99. The zero-order valence-electron chi connectivity index (χ0n) is 14.7. The van der Waals surface area contributed by atoms with Gasteiger partial charge in [-0.3, -0.25) is 9.59 Å². The molecule has 0 atom stereocenters. The largest absolute Gasteiger partial charge is 0.462 e. The number of carbonyl (C=O) groups is 3. The molecule has 0 unspecified atom stereocenters. The summed E-state index contributed by atoms with van der Waals surface area (Å²) in [6, 6.07) is 13.7.